The molecule has 0 aromatic heterocycles. The summed E-state index contributed by atoms with van der Waals surface area (Å²) < 4.78 is 5.85. The van der Waals surface area contributed by atoms with E-state index in [0.717, 1.165) is 25.0 Å². The third-order valence-corrected chi connectivity index (χ3v) is 4.25. The number of nitrogens with two attached hydrogens (primary N) is 1. The van der Waals surface area contributed by atoms with Gasteiger partial charge in [-0.05, 0) is 42.9 Å². The van der Waals surface area contributed by atoms with Crippen molar-refractivity contribution in [2.45, 2.75) is 45.4 Å². The molecule has 0 bridgehead atoms. The largest absolute Gasteiger partial charge is 0.493 e. The number of ether oxygens (including phenoxy) is 1. The number of benzene rings is 1. The highest BCUT2D eigenvalue weighted by Gasteiger charge is 2.44. The van der Waals surface area contributed by atoms with Gasteiger partial charge in [-0.3, -0.25) is 0 Å². The number of hydrogen-bond donors (Lipinski definition) is 2. The number of amidine groups is 1. The maximum absolute atomic E-state index is 8.64. The van der Waals surface area contributed by atoms with Gasteiger partial charge in [-0.1, -0.05) is 31.1 Å². The van der Waals surface area contributed by atoms with E-state index in [-0.39, 0.29) is 5.41 Å². The van der Waals surface area contributed by atoms with Crippen LogP contribution in [0.25, 0.3) is 0 Å². The second-order valence-electron chi connectivity index (χ2n) is 5.94. The molecule has 1 unspecified atom stereocenters. The summed E-state index contributed by atoms with van der Waals surface area (Å²) in [4.78, 5) is 0. The van der Waals surface area contributed by atoms with Gasteiger partial charge in [0.15, 0.2) is 0 Å². The first kappa shape index (κ1) is 14.7. The number of oxime groups is 1. The molecule has 110 valence electrons. The van der Waals surface area contributed by atoms with Crippen molar-refractivity contribution >= 4 is 5.84 Å². The van der Waals surface area contributed by atoms with Gasteiger partial charge in [0, 0.05) is 11.8 Å². The Morgan fingerprint density at radius 2 is 2.05 bits per heavy atom. The van der Waals surface area contributed by atoms with Crippen molar-refractivity contribution in [1.82, 2.24) is 0 Å². The fourth-order valence-corrected chi connectivity index (χ4v) is 2.33. The first-order chi connectivity index (χ1) is 9.58. The molecule has 0 amide bonds. The molecule has 0 heterocycles. The van der Waals surface area contributed by atoms with E-state index in [2.05, 4.69) is 31.1 Å². The van der Waals surface area contributed by atoms with Gasteiger partial charge in [0.05, 0.1) is 6.61 Å². The summed E-state index contributed by atoms with van der Waals surface area (Å²) in [5.74, 6) is 1.76. The van der Waals surface area contributed by atoms with Gasteiger partial charge in [-0.15, -0.1) is 0 Å². The van der Waals surface area contributed by atoms with Crippen LogP contribution < -0.4 is 10.5 Å². The van der Waals surface area contributed by atoms with Crippen molar-refractivity contribution < 1.29 is 9.94 Å². The first-order valence-corrected chi connectivity index (χ1v) is 7.28. The van der Waals surface area contributed by atoms with Crippen LogP contribution in [0.4, 0.5) is 0 Å². The fraction of sp³-hybridized carbons (Fsp3) is 0.562. The van der Waals surface area contributed by atoms with Crippen LogP contribution >= 0.6 is 0 Å². The average Bonchev–Trinajstić information content (AvgIpc) is 3.24. The van der Waals surface area contributed by atoms with Crippen LogP contribution in [0, 0.1) is 5.41 Å². The minimum atomic E-state index is 0.0751. The smallest absolute Gasteiger partial charge is 0.139 e. The lowest BCUT2D eigenvalue weighted by Crippen LogP contribution is -2.22. The molecule has 20 heavy (non-hydrogen) atoms. The van der Waals surface area contributed by atoms with E-state index >= 15 is 0 Å². The molecule has 0 radical (unpaired) electrons. The van der Waals surface area contributed by atoms with Gasteiger partial charge in [0.25, 0.3) is 0 Å². The van der Waals surface area contributed by atoms with Crippen LogP contribution in [0.5, 0.6) is 5.75 Å². The van der Waals surface area contributed by atoms with E-state index in [9.17, 15) is 0 Å². The summed E-state index contributed by atoms with van der Waals surface area (Å²) in [5, 5.41) is 11.7. The number of nitrogens with zero attached hydrogens (tertiary/aromatic N) is 1. The predicted molar refractivity (Wildman–Crippen MR) is 80.3 cm³/mol. The van der Waals surface area contributed by atoms with E-state index < -0.39 is 0 Å². The van der Waals surface area contributed by atoms with Gasteiger partial charge in [0.1, 0.15) is 11.6 Å². The third-order valence-electron chi connectivity index (χ3n) is 4.25. The maximum Gasteiger partial charge on any atom is 0.139 e. The molecule has 3 N–H and O–H groups in total. The summed E-state index contributed by atoms with van der Waals surface area (Å²) in [5.41, 5.74) is 7.00. The molecule has 1 aliphatic carbocycles. The van der Waals surface area contributed by atoms with E-state index in [4.69, 9.17) is 15.7 Å². The van der Waals surface area contributed by atoms with Gasteiger partial charge >= 0.3 is 0 Å². The summed E-state index contributed by atoms with van der Waals surface area (Å²) in [6.07, 6.45) is 3.90. The van der Waals surface area contributed by atoms with E-state index in [0.29, 0.717) is 24.8 Å². The SMILES string of the molecule is CCC(C)c1ccc(OCC2(C/C(N)=N/O)CC2)cc1. The predicted octanol–water partition coefficient (Wildman–Crippen LogP) is 3.50. The van der Waals surface area contributed by atoms with Crippen molar-refractivity contribution in [1.29, 1.82) is 0 Å². The molecule has 0 saturated heterocycles. The Kier molecular flexibility index (Phi) is 4.53. The summed E-state index contributed by atoms with van der Waals surface area (Å²) >= 11 is 0. The fourth-order valence-electron chi connectivity index (χ4n) is 2.33. The molecule has 4 nitrogen and oxygen atoms in total. The zero-order chi connectivity index (χ0) is 14.6. The van der Waals surface area contributed by atoms with Crippen LogP contribution in [0.3, 0.4) is 0 Å². The van der Waals surface area contributed by atoms with Crippen molar-refractivity contribution in [3.63, 3.8) is 0 Å². The molecule has 1 aromatic rings. The van der Waals surface area contributed by atoms with Gasteiger partial charge in [0.2, 0.25) is 0 Å². The molecule has 0 spiro atoms. The quantitative estimate of drug-likeness (QED) is 0.346. The van der Waals surface area contributed by atoms with Crippen LogP contribution in [0.1, 0.15) is 51.0 Å². The molecule has 2 rings (SSSR count). The van der Waals surface area contributed by atoms with E-state index in [1.165, 1.54) is 5.56 Å². The standard InChI is InChI=1S/C16H24N2O2/c1-3-12(2)13-4-6-14(7-5-13)20-11-16(8-9-16)10-15(17)18-19/h4-7,12,19H,3,8-11H2,1-2H3,(H2,17,18). The Bertz CT molecular complexity index is 464. The molecule has 1 saturated carbocycles. The molecule has 1 atom stereocenters. The molecular weight excluding hydrogens is 252 g/mol. The highest BCUT2D eigenvalue weighted by molar-refractivity contribution is 5.80. The summed E-state index contributed by atoms with van der Waals surface area (Å²) in [6, 6.07) is 8.32. The summed E-state index contributed by atoms with van der Waals surface area (Å²) in [7, 11) is 0. The minimum Gasteiger partial charge on any atom is -0.493 e. The van der Waals surface area contributed by atoms with E-state index in [1.54, 1.807) is 0 Å². The molecule has 0 aliphatic heterocycles. The number of rotatable bonds is 7. The molecular formula is C16H24N2O2. The van der Waals surface area contributed by atoms with Crippen LogP contribution in [0.2, 0.25) is 0 Å². The topological polar surface area (TPSA) is 67.8 Å². The molecule has 1 fully saturated rings. The average molecular weight is 276 g/mol. The van der Waals surface area contributed by atoms with Gasteiger partial charge in [-0.2, -0.15) is 0 Å². The van der Waals surface area contributed by atoms with Crippen molar-refractivity contribution in [2.24, 2.45) is 16.3 Å². The first-order valence-electron chi connectivity index (χ1n) is 7.28. The Morgan fingerprint density at radius 3 is 2.55 bits per heavy atom. The highest BCUT2D eigenvalue weighted by atomic mass is 16.5. The van der Waals surface area contributed by atoms with Crippen molar-refractivity contribution in [3.05, 3.63) is 29.8 Å². The lowest BCUT2D eigenvalue weighted by Gasteiger charge is -2.16. The van der Waals surface area contributed by atoms with Gasteiger partial charge < -0.3 is 15.7 Å². The Morgan fingerprint density at radius 1 is 1.40 bits per heavy atom. The third kappa shape index (κ3) is 3.65. The van der Waals surface area contributed by atoms with Crippen molar-refractivity contribution in [3.8, 4) is 5.75 Å². The Balaban J connectivity index is 1.88. The van der Waals surface area contributed by atoms with Crippen molar-refractivity contribution in [2.75, 3.05) is 6.61 Å². The molecule has 4 heteroatoms. The van der Waals surface area contributed by atoms with Crippen LogP contribution in [-0.2, 0) is 0 Å². The Hall–Kier alpha value is -1.71. The zero-order valence-corrected chi connectivity index (χ0v) is 12.3. The highest BCUT2D eigenvalue weighted by Crippen LogP contribution is 2.49. The Labute approximate surface area is 120 Å². The molecule has 1 aliphatic rings. The minimum absolute atomic E-state index is 0.0751. The lowest BCUT2D eigenvalue weighted by atomic mass is 9.99. The van der Waals surface area contributed by atoms with Crippen LogP contribution in [0.15, 0.2) is 29.4 Å². The maximum atomic E-state index is 8.64. The second-order valence-corrected chi connectivity index (χ2v) is 5.94. The second kappa shape index (κ2) is 6.16. The normalized spacial score (nSPS) is 18.6. The van der Waals surface area contributed by atoms with Crippen LogP contribution in [-0.4, -0.2) is 17.6 Å². The van der Waals surface area contributed by atoms with E-state index in [1.807, 2.05) is 12.1 Å². The summed E-state index contributed by atoms with van der Waals surface area (Å²) in [6.45, 7) is 5.05. The number of hydrogen-bond acceptors (Lipinski definition) is 3. The zero-order valence-electron chi connectivity index (χ0n) is 12.3. The molecule has 1 aromatic carbocycles. The monoisotopic (exact) mass is 276 g/mol. The lowest BCUT2D eigenvalue weighted by molar-refractivity contribution is 0.236. The van der Waals surface area contributed by atoms with Gasteiger partial charge in [-0.25, -0.2) is 0 Å².